The molecule has 3 N–H and O–H groups in total. The van der Waals surface area contributed by atoms with Crippen LogP contribution in [0.1, 0.15) is 121 Å². The molecule has 0 saturated carbocycles. The van der Waals surface area contributed by atoms with Gasteiger partial charge in [0.1, 0.15) is 17.4 Å². The van der Waals surface area contributed by atoms with E-state index >= 15 is 0 Å². The SMILES string of the molecule is CC[C@H](C)[C@@H]([C@@H](CC(=O)N1CCC[C@H]1[C@H](OC)[C@@H](C)C(=O)C[C@H](C(=O)NCc1ccc(NC(=O)OC(C)(C)C)cc1)C(C)C)OC)N(C)C(=O)[C@@H](NC(=O)[C@H](C(C)C)N(C)C)C(C)C. The number of nitrogens with zero attached hydrogens (tertiary/aromatic N) is 3. The predicted octanol–water partition coefficient (Wildman–Crippen LogP) is 6.53. The van der Waals surface area contributed by atoms with Crippen LogP contribution in [0.15, 0.2) is 24.3 Å². The van der Waals surface area contributed by atoms with E-state index in [9.17, 15) is 28.8 Å². The summed E-state index contributed by atoms with van der Waals surface area (Å²) >= 11 is 0. The van der Waals surface area contributed by atoms with Crippen molar-refractivity contribution in [3.8, 4) is 0 Å². The zero-order valence-electron chi connectivity index (χ0n) is 42.2. The van der Waals surface area contributed by atoms with Gasteiger partial charge >= 0.3 is 6.09 Å². The van der Waals surface area contributed by atoms with Crippen molar-refractivity contribution in [2.75, 3.05) is 47.2 Å². The van der Waals surface area contributed by atoms with E-state index in [1.165, 1.54) is 0 Å². The second-order valence-corrected chi connectivity index (χ2v) is 20.0. The maximum atomic E-state index is 14.4. The standard InChI is InChI=1S/C49H84N6O9/c1-18-32(8)43(54(15)47(60)41(30(4)5)52-46(59)42(31(6)7)53(13)14)39(62-16)27-40(57)55-25-19-20-37(55)44(63-17)33(9)38(56)26-36(29(2)3)45(58)50-28-34-21-23-35(24-22-34)51-48(61)64-49(10,11)12/h21-24,29-33,36-37,39,41-44H,18-20,25-28H2,1-17H3,(H,50,58)(H,51,61)(H,52,59)/t32-,33-,36-,37-,39+,41-,42-,43-,44+/m0/s1. The van der Waals surface area contributed by atoms with Crippen molar-refractivity contribution in [3.63, 3.8) is 0 Å². The van der Waals surface area contributed by atoms with Crippen LogP contribution in [0, 0.1) is 35.5 Å². The Labute approximate surface area is 384 Å². The lowest BCUT2D eigenvalue weighted by molar-refractivity contribution is -0.148. The molecule has 1 fully saturated rings. The minimum Gasteiger partial charge on any atom is -0.444 e. The lowest BCUT2D eigenvalue weighted by Gasteiger charge is -2.41. The third-order valence-corrected chi connectivity index (χ3v) is 12.7. The number of hydrogen-bond acceptors (Lipinski definition) is 10. The summed E-state index contributed by atoms with van der Waals surface area (Å²) in [6.45, 7) is 23.6. The summed E-state index contributed by atoms with van der Waals surface area (Å²) in [5, 5.41) is 8.72. The number of anilines is 1. The van der Waals surface area contributed by atoms with Crippen molar-refractivity contribution in [2.24, 2.45) is 35.5 Å². The molecule has 0 spiro atoms. The van der Waals surface area contributed by atoms with Crippen molar-refractivity contribution in [2.45, 2.75) is 164 Å². The first-order valence-corrected chi connectivity index (χ1v) is 23.3. The highest BCUT2D eigenvalue weighted by molar-refractivity contribution is 5.91. The van der Waals surface area contributed by atoms with Gasteiger partial charge in [-0.15, -0.1) is 0 Å². The van der Waals surface area contributed by atoms with Gasteiger partial charge in [0.05, 0.1) is 36.8 Å². The molecule has 0 aliphatic carbocycles. The first-order valence-electron chi connectivity index (χ1n) is 23.3. The van der Waals surface area contributed by atoms with Crippen LogP contribution in [0.5, 0.6) is 0 Å². The van der Waals surface area contributed by atoms with Crippen LogP contribution in [-0.2, 0) is 44.7 Å². The molecule has 2 rings (SSSR count). The molecule has 9 atom stereocenters. The molecule has 1 heterocycles. The van der Waals surface area contributed by atoms with Crippen LogP contribution in [0.2, 0.25) is 0 Å². The van der Waals surface area contributed by atoms with Crippen LogP contribution < -0.4 is 16.0 Å². The molecule has 1 aromatic carbocycles. The summed E-state index contributed by atoms with van der Waals surface area (Å²) in [6.07, 6.45) is 0.307. The van der Waals surface area contributed by atoms with Gasteiger partial charge in [0.25, 0.3) is 0 Å². The fourth-order valence-electron chi connectivity index (χ4n) is 8.93. The molecule has 1 saturated heterocycles. The molecule has 0 unspecified atom stereocenters. The summed E-state index contributed by atoms with van der Waals surface area (Å²) in [4.78, 5) is 87.2. The first-order chi connectivity index (χ1) is 29.8. The number of nitrogens with one attached hydrogen (secondary N) is 3. The number of benzene rings is 1. The first kappa shape index (κ1) is 56.1. The summed E-state index contributed by atoms with van der Waals surface area (Å²) < 4.78 is 17.4. The van der Waals surface area contributed by atoms with Crippen molar-refractivity contribution in [3.05, 3.63) is 29.8 Å². The molecule has 0 bridgehead atoms. The average Bonchev–Trinajstić information content (AvgIpc) is 3.69. The van der Waals surface area contributed by atoms with Crippen LogP contribution in [0.25, 0.3) is 0 Å². The number of ketones is 1. The predicted molar refractivity (Wildman–Crippen MR) is 251 cm³/mol. The third-order valence-electron chi connectivity index (χ3n) is 12.7. The second kappa shape index (κ2) is 25.6. The summed E-state index contributed by atoms with van der Waals surface area (Å²) in [7, 11) is 8.54. The van der Waals surface area contributed by atoms with Crippen LogP contribution >= 0.6 is 0 Å². The zero-order chi connectivity index (χ0) is 48.8. The highest BCUT2D eigenvalue weighted by atomic mass is 16.6. The molecule has 15 nitrogen and oxygen atoms in total. The zero-order valence-corrected chi connectivity index (χ0v) is 42.2. The molecule has 0 aromatic heterocycles. The van der Waals surface area contributed by atoms with E-state index in [1.807, 2.05) is 81.3 Å². The average molecular weight is 901 g/mol. The fourth-order valence-corrected chi connectivity index (χ4v) is 8.93. The van der Waals surface area contributed by atoms with Gasteiger partial charge in [-0.2, -0.15) is 0 Å². The number of amides is 5. The van der Waals surface area contributed by atoms with Crippen molar-refractivity contribution in [1.82, 2.24) is 25.3 Å². The van der Waals surface area contributed by atoms with E-state index in [0.29, 0.717) is 18.7 Å². The smallest absolute Gasteiger partial charge is 0.412 e. The topological polar surface area (TPSA) is 176 Å². The summed E-state index contributed by atoms with van der Waals surface area (Å²) in [6, 6.07) is 5.04. The summed E-state index contributed by atoms with van der Waals surface area (Å²) in [5.41, 5.74) is 0.760. The normalized spacial score (nSPS) is 18.2. The van der Waals surface area contributed by atoms with Gasteiger partial charge in [-0.1, -0.05) is 80.9 Å². The fraction of sp³-hybridized carbons (Fsp3) is 0.755. The van der Waals surface area contributed by atoms with Gasteiger partial charge in [0.2, 0.25) is 23.6 Å². The van der Waals surface area contributed by atoms with E-state index in [2.05, 4.69) is 16.0 Å². The van der Waals surface area contributed by atoms with Crippen molar-refractivity contribution >= 4 is 41.2 Å². The molecule has 15 heteroatoms. The lowest BCUT2D eigenvalue weighted by atomic mass is 9.83. The minimum atomic E-state index is -0.780. The number of Topliss-reactive ketones (excluding diaryl/α,β-unsaturated/α-hetero) is 1. The summed E-state index contributed by atoms with van der Waals surface area (Å²) in [5.74, 6) is -2.50. The van der Waals surface area contributed by atoms with Gasteiger partial charge in [-0.25, -0.2) is 4.79 Å². The molecule has 0 radical (unpaired) electrons. The second-order valence-electron chi connectivity index (χ2n) is 20.0. The lowest BCUT2D eigenvalue weighted by Crippen LogP contribution is -2.59. The largest absolute Gasteiger partial charge is 0.444 e. The molecule has 364 valence electrons. The number of carbonyl (C=O) groups excluding carboxylic acids is 6. The number of carbonyl (C=O) groups is 6. The highest BCUT2D eigenvalue weighted by Crippen LogP contribution is 2.31. The van der Waals surface area contributed by atoms with E-state index in [4.69, 9.17) is 14.2 Å². The Kier molecular flexibility index (Phi) is 22.4. The van der Waals surface area contributed by atoms with Gasteiger partial charge in [0.15, 0.2) is 0 Å². The van der Waals surface area contributed by atoms with Crippen molar-refractivity contribution in [1.29, 1.82) is 0 Å². The molecule has 5 amide bonds. The number of methoxy groups -OCH3 is 2. The number of likely N-dealkylation sites (tertiary alicyclic amines) is 1. The molecule has 1 aliphatic heterocycles. The molecule has 64 heavy (non-hydrogen) atoms. The number of ether oxygens (including phenoxy) is 3. The Hall–Kier alpha value is -4.08. The Morgan fingerprint density at radius 1 is 0.828 bits per heavy atom. The monoisotopic (exact) mass is 901 g/mol. The van der Waals surface area contributed by atoms with E-state index in [1.54, 1.807) is 76.1 Å². The van der Waals surface area contributed by atoms with Crippen molar-refractivity contribution < 1.29 is 43.0 Å². The van der Waals surface area contributed by atoms with Gasteiger partial charge < -0.3 is 34.6 Å². The Morgan fingerprint density at radius 2 is 1.44 bits per heavy atom. The third kappa shape index (κ3) is 16.1. The van der Waals surface area contributed by atoms with Crippen LogP contribution in [-0.4, -0.2) is 134 Å². The molecule has 1 aliphatic rings. The van der Waals surface area contributed by atoms with Crippen LogP contribution in [0.3, 0.4) is 0 Å². The maximum Gasteiger partial charge on any atom is 0.412 e. The maximum absolute atomic E-state index is 14.4. The highest BCUT2D eigenvalue weighted by Gasteiger charge is 2.43. The van der Waals surface area contributed by atoms with E-state index < -0.39 is 53.9 Å². The Balaban J connectivity index is 2.20. The number of rotatable bonds is 24. The van der Waals surface area contributed by atoms with Gasteiger partial charge in [-0.05, 0) is 89.1 Å². The molecule has 1 aromatic rings. The van der Waals surface area contributed by atoms with Gasteiger partial charge in [0, 0.05) is 58.3 Å². The van der Waals surface area contributed by atoms with Gasteiger partial charge in [-0.3, -0.25) is 34.2 Å². The number of hydrogen-bond donors (Lipinski definition) is 3. The Bertz CT molecular complexity index is 1670. The minimum absolute atomic E-state index is 0.00567. The quantitative estimate of drug-likeness (QED) is 0.104. The number of likely N-dealkylation sites (N-methyl/N-ethyl adjacent to an activating group) is 2. The Morgan fingerprint density at radius 3 is 1.92 bits per heavy atom. The van der Waals surface area contributed by atoms with E-state index in [-0.39, 0.29) is 78.5 Å². The van der Waals surface area contributed by atoms with E-state index in [0.717, 1.165) is 18.4 Å². The molecular weight excluding hydrogens is 817 g/mol. The molecular formula is C49H84N6O9. The van der Waals surface area contributed by atoms with Crippen LogP contribution in [0.4, 0.5) is 10.5 Å².